The Balaban J connectivity index is 1.61. The average molecular weight is 388 g/mol. The highest BCUT2D eigenvalue weighted by molar-refractivity contribution is 5.90. The average Bonchev–Trinajstić information content (AvgIpc) is 3.22. The van der Waals surface area contributed by atoms with Gasteiger partial charge in [-0.05, 0) is 24.5 Å². The summed E-state index contributed by atoms with van der Waals surface area (Å²) in [6.07, 6.45) is 0.254. The van der Waals surface area contributed by atoms with Crippen LogP contribution in [0.2, 0.25) is 0 Å². The molecule has 6 rings (SSSR count). The summed E-state index contributed by atoms with van der Waals surface area (Å²) in [4.78, 5) is 12.9. The maximum atomic E-state index is 12.9. The first kappa shape index (κ1) is 17.2. The van der Waals surface area contributed by atoms with Crippen LogP contribution in [0, 0.1) is 0 Å². The minimum Gasteiger partial charge on any atom is -0.504 e. The van der Waals surface area contributed by atoms with E-state index >= 15 is 0 Å². The van der Waals surface area contributed by atoms with Crippen LogP contribution in [-0.4, -0.2) is 80.3 Å². The number of hydrogen-bond donors (Lipinski definition) is 4. The van der Waals surface area contributed by atoms with Crippen LogP contribution in [0.3, 0.4) is 0 Å². The molecule has 2 bridgehead atoms. The van der Waals surface area contributed by atoms with Gasteiger partial charge in [0.25, 0.3) is 0 Å². The van der Waals surface area contributed by atoms with Crippen LogP contribution in [0.15, 0.2) is 12.1 Å². The molecule has 2 heterocycles. The third-order valence-corrected chi connectivity index (χ3v) is 8.44. The predicted octanol–water partition coefficient (Wildman–Crippen LogP) is -0.244. The summed E-state index contributed by atoms with van der Waals surface area (Å²) >= 11 is 0. The monoisotopic (exact) mass is 388 g/mol. The van der Waals surface area contributed by atoms with Gasteiger partial charge >= 0.3 is 0 Å². The number of ketones is 1. The highest BCUT2D eigenvalue weighted by Crippen LogP contribution is 2.66. The molecule has 150 valence electrons. The van der Waals surface area contributed by atoms with E-state index in [2.05, 4.69) is 0 Å². The Kier molecular flexibility index (Phi) is 2.90. The zero-order valence-electron chi connectivity index (χ0n) is 15.9. The highest BCUT2D eigenvalue weighted by atomic mass is 16.5. The van der Waals surface area contributed by atoms with E-state index in [1.165, 1.54) is 0 Å². The molecule has 4 N–H and O–H groups in total. The van der Waals surface area contributed by atoms with Crippen LogP contribution in [0.1, 0.15) is 36.8 Å². The van der Waals surface area contributed by atoms with Crippen molar-refractivity contribution < 1.29 is 34.4 Å². The number of phenolic OH excluding ortho intramolecular Hbond substituents is 1. The largest absolute Gasteiger partial charge is 0.504 e. The van der Waals surface area contributed by atoms with Gasteiger partial charge in [0, 0.05) is 24.8 Å². The lowest BCUT2D eigenvalue weighted by Crippen LogP contribution is -2.84. The lowest BCUT2D eigenvalue weighted by atomic mass is 9.47. The molecule has 28 heavy (non-hydrogen) atoms. The molecule has 1 aromatic rings. The van der Waals surface area contributed by atoms with Crippen molar-refractivity contribution in [2.75, 3.05) is 20.1 Å². The van der Waals surface area contributed by atoms with E-state index in [0.717, 1.165) is 18.4 Å². The molecular formula is C21H26NO6+. The molecule has 6 atom stereocenters. The van der Waals surface area contributed by atoms with Crippen molar-refractivity contribution in [2.24, 2.45) is 0 Å². The highest BCUT2D eigenvalue weighted by Gasteiger charge is 2.79. The zero-order chi connectivity index (χ0) is 19.7. The van der Waals surface area contributed by atoms with Gasteiger partial charge in [-0.3, -0.25) is 4.79 Å². The van der Waals surface area contributed by atoms with Crippen molar-refractivity contribution in [1.82, 2.24) is 0 Å². The van der Waals surface area contributed by atoms with Crippen LogP contribution < -0.4 is 4.74 Å². The maximum absolute atomic E-state index is 12.9. The number of piperidine rings is 1. The molecule has 0 aromatic heterocycles. The first-order valence-corrected chi connectivity index (χ1v) is 10.2. The number of aliphatic hydroxyl groups excluding tert-OH is 1. The molecule has 0 radical (unpaired) electrons. The molecule has 0 amide bonds. The topological polar surface area (TPSA) is 107 Å². The fraction of sp³-hybridized carbons (Fsp3) is 0.667. The second-order valence-electron chi connectivity index (χ2n) is 9.98. The Morgan fingerprint density at radius 2 is 1.96 bits per heavy atom. The molecule has 7 nitrogen and oxygen atoms in total. The number of carbonyl (C=O) groups is 1. The SMILES string of the molecule is C[N@+]1(CC2(O)CC2)CC[C@]23c4c5ccc(O)c4O[C@H]2C(=O)CC(O)[C@@]3(O)[C@@H]1C5. The third kappa shape index (κ3) is 1.70. The molecule has 3 fully saturated rings. The summed E-state index contributed by atoms with van der Waals surface area (Å²) < 4.78 is 6.45. The molecule has 3 aliphatic carbocycles. The van der Waals surface area contributed by atoms with E-state index in [-0.39, 0.29) is 24.0 Å². The molecule has 1 aromatic carbocycles. The Labute approximate surface area is 162 Å². The molecule has 5 aliphatic rings. The predicted molar refractivity (Wildman–Crippen MR) is 97.0 cm³/mol. The fourth-order valence-electron chi connectivity index (χ4n) is 7.03. The van der Waals surface area contributed by atoms with Gasteiger partial charge in [-0.15, -0.1) is 0 Å². The molecular weight excluding hydrogens is 362 g/mol. The summed E-state index contributed by atoms with van der Waals surface area (Å²) in [5, 5.41) is 44.3. The minimum absolute atomic E-state index is 0.0271. The maximum Gasteiger partial charge on any atom is 0.177 e. The van der Waals surface area contributed by atoms with Gasteiger partial charge in [-0.25, -0.2) is 0 Å². The number of ether oxygens (including phenoxy) is 1. The zero-order valence-corrected chi connectivity index (χ0v) is 15.9. The lowest BCUT2D eigenvalue weighted by Gasteiger charge is -2.65. The number of nitrogens with zero attached hydrogens (tertiary/aromatic N) is 1. The van der Waals surface area contributed by atoms with E-state index in [1.807, 2.05) is 13.1 Å². The van der Waals surface area contributed by atoms with Crippen LogP contribution in [0.5, 0.6) is 11.5 Å². The van der Waals surface area contributed by atoms with E-state index in [1.54, 1.807) is 6.07 Å². The van der Waals surface area contributed by atoms with Crippen molar-refractivity contribution in [3.05, 3.63) is 23.3 Å². The molecule has 2 saturated carbocycles. The quantitative estimate of drug-likeness (QED) is 0.521. The van der Waals surface area contributed by atoms with Gasteiger partial charge in [-0.2, -0.15) is 0 Å². The Morgan fingerprint density at radius 1 is 1.21 bits per heavy atom. The summed E-state index contributed by atoms with van der Waals surface area (Å²) in [7, 11) is 2.05. The van der Waals surface area contributed by atoms with E-state index < -0.39 is 28.8 Å². The van der Waals surface area contributed by atoms with Crippen LogP contribution in [0.25, 0.3) is 0 Å². The Hall–Kier alpha value is -1.67. The number of likely N-dealkylation sites (N-methyl/N-ethyl adjacent to an activating group) is 1. The van der Waals surface area contributed by atoms with Crippen LogP contribution in [-0.2, 0) is 16.6 Å². The number of benzene rings is 1. The number of hydrogen-bond acceptors (Lipinski definition) is 6. The van der Waals surface area contributed by atoms with Gasteiger partial charge < -0.3 is 29.6 Å². The lowest BCUT2D eigenvalue weighted by molar-refractivity contribution is -0.953. The van der Waals surface area contributed by atoms with Gasteiger partial charge in [0.15, 0.2) is 29.0 Å². The standard InChI is InChI=1S/C21H25NO6/c1-22(10-19(26)4-5-19)7-6-20-16-11-2-3-12(23)17(16)28-18(20)13(24)9-15(25)21(20,27)14(22)8-11/h2-3,14-15,18,25-27H,4-10H2,1H3/p+1/t14-,15?,18-,20-,21-,22+/m0/s1. The normalized spacial score (nSPS) is 46.7. The minimum atomic E-state index is -1.55. The summed E-state index contributed by atoms with van der Waals surface area (Å²) in [6, 6.07) is 3.08. The van der Waals surface area contributed by atoms with E-state index in [9.17, 15) is 25.2 Å². The van der Waals surface area contributed by atoms with Crippen molar-refractivity contribution >= 4 is 5.78 Å². The number of phenols is 1. The molecule has 2 aliphatic heterocycles. The van der Waals surface area contributed by atoms with Crippen molar-refractivity contribution in [1.29, 1.82) is 0 Å². The van der Waals surface area contributed by atoms with Gasteiger partial charge in [0.05, 0.1) is 25.1 Å². The molecule has 1 unspecified atom stereocenters. The smallest absolute Gasteiger partial charge is 0.177 e. The van der Waals surface area contributed by atoms with Crippen LogP contribution in [0.4, 0.5) is 0 Å². The summed E-state index contributed by atoms with van der Waals surface area (Å²) in [5.74, 6) is 0.0378. The van der Waals surface area contributed by atoms with Crippen molar-refractivity contribution in [2.45, 2.75) is 67.0 Å². The van der Waals surface area contributed by atoms with Gasteiger partial charge in [0.1, 0.15) is 18.2 Å². The van der Waals surface area contributed by atoms with Gasteiger partial charge in [-0.1, -0.05) is 6.07 Å². The number of aromatic hydroxyl groups is 1. The Bertz CT molecular complexity index is 928. The molecule has 1 saturated heterocycles. The van der Waals surface area contributed by atoms with Crippen LogP contribution >= 0.6 is 0 Å². The molecule has 7 heteroatoms. The van der Waals surface area contributed by atoms with E-state index in [4.69, 9.17) is 4.74 Å². The second-order valence-corrected chi connectivity index (χ2v) is 9.98. The Morgan fingerprint density at radius 3 is 2.68 bits per heavy atom. The number of quaternary nitrogens is 1. The number of Topliss-reactive ketones (excluding diaryl/α,β-unsaturated/α-hetero) is 1. The molecule has 1 spiro atoms. The third-order valence-electron chi connectivity index (χ3n) is 8.44. The van der Waals surface area contributed by atoms with Crippen molar-refractivity contribution in [3.63, 3.8) is 0 Å². The summed E-state index contributed by atoms with van der Waals surface area (Å²) in [5.41, 5.74) is -1.62. The fourth-order valence-corrected chi connectivity index (χ4v) is 7.03. The van der Waals surface area contributed by atoms with E-state index in [0.29, 0.717) is 41.7 Å². The number of aliphatic hydroxyl groups is 3. The number of likely N-dealkylation sites (tertiary alicyclic amines) is 1. The summed E-state index contributed by atoms with van der Waals surface area (Å²) in [6.45, 7) is 1.20. The number of carbonyl (C=O) groups excluding carboxylic acids is 1. The first-order chi connectivity index (χ1) is 13.1. The van der Waals surface area contributed by atoms with Gasteiger partial charge in [0.2, 0.25) is 0 Å². The first-order valence-electron chi connectivity index (χ1n) is 10.2. The number of rotatable bonds is 2. The second kappa shape index (κ2) is 4.73. The van der Waals surface area contributed by atoms with Crippen molar-refractivity contribution in [3.8, 4) is 11.5 Å².